The van der Waals surface area contributed by atoms with Gasteiger partial charge >= 0.3 is 0 Å². The van der Waals surface area contributed by atoms with E-state index in [1.54, 1.807) is 17.5 Å². The molecule has 5 rings (SSSR count). The molecule has 0 saturated carbocycles. The summed E-state index contributed by atoms with van der Waals surface area (Å²) in [6.07, 6.45) is 5.83. The molecule has 0 aliphatic heterocycles. The zero-order chi connectivity index (χ0) is 21.2. The average Bonchev–Trinajstić information content (AvgIpc) is 3.43. The summed E-state index contributed by atoms with van der Waals surface area (Å²) in [5.74, 6) is -0.538. The van der Waals surface area contributed by atoms with Crippen molar-refractivity contribution in [1.29, 1.82) is 0 Å². The molecule has 3 heterocycles. The molecule has 152 valence electrons. The van der Waals surface area contributed by atoms with Crippen LogP contribution in [0.4, 0.5) is 8.78 Å². The molecule has 0 amide bonds. The normalized spacial score (nSPS) is 11.5. The minimum Gasteiger partial charge on any atom is -0.318 e. The Kier molecular flexibility index (Phi) is 5.14. The summed E-state index contributed by atoms with van der Waals surface area (Å²) in [5.41, 5.74) is 3.72. The molecule has 2 aromatic carbocycles. The van der Waals surface area contributed by atoms with E-state index in [1.165, 1.54) is 12.1 Å². The number of halogens is 2. The predicted octanol–water partition coefficient (Wildman–Crippen LogP) is 6.66. The average molecular weight is 429 g/mol. The van der Waals surface area contributed by atoms with Crippen LogP contribution in [0.2, 0.25) is 0 Å². The molecule has 6 heteroatoms. The first-order valence-corrected chi connectivity index (χ1v) is 10.6. The van der Waals surface area contributed by atoms with E-state index in [0.717, 1.165) is 27.5 Å². The molecule has 5 aromatic rings. The third kappa shape index (κ3) is 4.02. The summed E-state index contributed by atoms with van der Waals surface area (Å²) < 4.78 is 29.7. The fourth-order valence-corrected chi connectivity index (χ4v) is 4.11. The minimum absolute atomic E-state index is 0.221. The van der Waals surface area contributed by atoms with Crippen molar-refractivity contribution in [3.05, 3.63) is 106 Å². The van der Waals surface area contributed by atoms with Gasteiger partial charge in [-0.05, 0) is 53.4 Å². The molecule has 0 atom stereocenters. The molecule has 0 bridgehead atoms. The van der Waals surface area contributed by atoms with Crippen LogP contribution in [0.5, 0.6) is 0 Å². The van der Waals surface area contributed by atoms with E-state index in [2.05, 4.69) is 17.1 Å². The Morgan fingerprint density at radius 1 is 0.935 bits per heavy atom. The van der Waals surface area contributed by atoms with Gasteiger partial charge in [-0.15, -0.1) is 11.3 Å². The Hall–Kier alpha value is -3.64. The minimum atomic E-state index is -0.594. The molecule has 3 nitrogen and oxygen atoms in total. The Morgan fingerprint density at radius 2 is 1.84 bits per heavy atom. The topological polar surface area (TPSA) is 30.7 Å². The van der Waals surface area contributed by atoms with Gasteiger partial charge in [0.2, 0.25) is 0 Å². The summed E-state index contributed by atoms with van der Waals surface area (Å²) in [7, 11) is 0. The van der Waals surface area contributed by atoms with E-state index < -0.39 is 11.6 Å². The van der Waals surface area contributed by atoms with Gasteiger partial charge in [0.15, 0.2) is 5.82 Å². The van der Waals surface area contributed by atoms with Crippen molar-refractivity contribution in [2.75, 3.05) is 0 Å². The lowest BCUT2D eigenvalue weighted by atomic mass is 10.2. The van der Waals surface area contributed by atoms with Crippen molar-refractivity contribution in [2.45, 2.75) is 6.54 Å². The highest BCUT2D eigenvalue weighted by atomic mass is 32.1. The zero-order valence-corrected chi connectivity index (χ0v) is 17.2. The summed E-state index contributed by atoms with van der Waals surface area (Å²) in [6.45, 7) is 0.221. The smallest absolute Gasteiger partial charge is 0.160 e. The number of rotatable bonds is 5. The first-order chi connectivity index (χ1) is 15.2. The number of aromatic nitrogens is 3. The van der Waals surface area contributed by atoms with Gasteiger partial charge in [-0.2, -0.15) is 0 Å². The van der Waals surface area contributed by atoms with Crippen LogP contribution in [-0.2, 0) is 6.54 Å². The van der Waals surface area contributed by atoms with Crippen LogP contribution < -0.4 is 0 Å². The number of thiophene rings is 1. The van der Waals surface area contributed by atoms with Crippen molar-refractivity contribution in [3.8, 4) is 11.5 Å². The maximum Gasteiger partial charge on any atom is 0.160 e. The third-order valence-electron chi connectivity index (χ3n) is 4.99. The second-order valence-corrected chi connectivity index (χ2v) is 8.05. The van der Waals surface area contributed by atoms with E-state index in [-0.39, 0.29) is 6.54 Å². The number of hydrogen-bond acceptors (Lipinski definition) is 3. The van der Waals surface area contributed by atoms with Gasteiger partial charge in [0, 0.05) is 22.7 Å². The van der Waals surface area contributed by atoms with Gasteiger partial charge < -0.3 is 4.57 Å². The van der Waals surface area contributed by atoms with Crippen molar-refractivity contribution in [3.63, 3.8) is 0 Å². The first-order valence-electron chi connectivity index (χ1n) is 9.74. The molecular weight excluding hydrogens is 412 g/mol. The van der Waals surface area contributed by atoms with Crippen molar-refractivity contribution >= 4 is 34.5 Å². The summed E-state index contributed by atoms with van der Waals surface area (Å²) in [5, 5.41) is 2.04. The second kappa shape index (κ2) is 8.24. The molecular formula is C25H17F2N3S. The molecule has 0 spiro atoms. The first kappa shape index (κ1) is 19.3. The number of imidazole rings is 1. The number of hydrogen-bond donors (Lipinski definition) is 0. The van der Waals surface area contributed by atoms with Crippen LogP contribution in [0.1, 0.15) is 16.0 Å². The molecule has 0 fully saturated rings. The van der Waals surface area contributed by atoms with Crippen molar-refractivity contribution < 1.29 is 8.78 Å². The van der Waals surface area contributed by atoms with Gasteiger partial charge in [0.25, 0.3) is 0 Å². The highest BCUT2D eigenvalue weighted by molar-refractivity contribution is 7.10. The number of nitrogens with zero attached hydrogens (tertiary/aromatic N) is 3. The van der Waals surface area contributed by atoms with Gasteiger partial charge in [0.05, 0.1) is 17.6 Å². The molecule has 0 radical (unpaired) electrons. The Labute approximate surface area is 182 Å². The van der Waals surface area contributed by atoms with Crippen molar-refractivity contribution in [2.24, 2.45) is 0 Å². The van der Waals surface area contributed by atoms with Crippen LogP contribution >= 0.6 is 11.3 Å². The van der Waals surface area contributed by atoms with Gasteiger partial charge in [-0.25, -0.2) is 13.8 Å². The van der Waals surface area contributed by atoms with E-state index in [9.17, 15) is 8.78 Å². The van der Waals surface area contributed by atoms with Crippen LogP contribution in [-0.4, -0.2) is 14.5 Å². The SMILES string of the molecule is Fc1ccc(Cn2c(-c3cc(/C=C/c4cccs4)ccn3)nc3ccccc32)c(F)c1. The molecule has 0 saturated heterocycles. The van der Waals surface area contributed by atoms with Crippen LogP contribution in [0.25, 0.3) is 34.7 Å². The molecule has 0 aliphatic carbocycles. The van der Waals surface area contributed by atoms with Crippen LogP contribution in [0, 0.1) is 11.6 Å². The fraction of sp³-hybridized carbons (Fsp3) is 0.0400. The lowest BCUT2D eigenvalue weighted by molar-refractivity contribution is 0.567. The maximum atomic E-state index is 14.4. The summed E-state index contributed by atoms with van der Waals surface area (Å²) in [6, 6.07) is 19.3. The Morgan fingerprint density at radius 3 is 2.68 bits per heavy atom. The standard InChI is InChI=1S/C25H17F2N3S/c26-19-9-8-18(21(27)15-19)16-30-24-6-2-1-5-22(24)29-25(30)23-14-17(11-12-28-23)7-10-20-4-3-13-31-20/h1-15H,16H2/b10-7+. The molecule has 31 heavy (non-hydrogen) atoms. The Bertz CT molecular complexity index is 1390. The van der Waals surface area contributed by atoms with Gasteiger partial charge in [-0.3, -0.25) is 4.98 Å². The predicted molar refractivity (Wildman–Crippen MR) is 122 cm³/mol. The monoisotopic (exact) mass is 429 g/mol. The lowest BCUT2D eigenvalue weighted by Gasteiger charge is -2.10. The summed E-state index contributed by atoms with van der Waals surface area (Å²) >= 11 is 1.67. The molecule has 0 aliphatic rings. The van der Waals surface area contributed by atoms with Gasteiger partial charge in [-0.1, -0.05) is 30.3 Å². The van der Waals surface area contributed by atoms with E-state index in [0.29, 0.717) is 17.1 Å². The third-order valence-corrected chi connectivity index (χ3v) is 5.83. The fourth-order valence-electron chi connectivity index (χ4n) is 3.49. The molecule has 0 unspecified atom stereocenters. The molecule has 0 N–H and O–H groups in total. The van der Waals surface area contributed by atoms with E-state index in [4.69, 9.17) is 4.98 Å². The molecule has 3 aromatic heterocycles. The summed E-state index contributed by atoms with van der Waals surface area (Å²) in [4.78, 5) is 10.4. The lowest BCUT2D eigenvalue weighted by Crippen LogP contribution is -2.05. The van der Waals surface area contributed by atoms with Crippen molar-refractivity contribution in [1.82, 2.24) is 14.5 Å². The Balaban J connectivity index is 1.58. The number of para-hydroxylation sites is 2. The quantitative estimate of drug-likeness (QED) is 0.313. The number of pyridine rings is 1. The second-order valence-electron chi connectivity index (χ2n) is 7.07. The van der Waals surface area contributed by atoms with E-state index >= 15 is 0 Å². The largest absolute Gasteiger partial charge is 0.318 e. The highest BCUT2D eigenvalue weighted by Gasteiger charge is 2.16. The maximum absolute atomic E-state index is 14.4. The van der Waals surface area contributed by atoms with Gasteiger partial charge in [0.1, 0.15) is 17.3 Å². The number of benzene rings is 2. The van der Waals surface area contributed by atoms with Crippen LogP contribution in [0.3, 0.4) is 0 Å². The van der Waals surface area contributed by atoms with Crippen LogP contribution in [0.15, 0.2) is 78.3 Å². The zero-order valence-electron chi connectivity index (χ0n) is 16.4. The number of fused-ring (bicyclic) bond motifs is 1. The highest BCUT2D eigenvalue weighted by Crippen LogP contribution is 2.26. The van der Waals surface area contributed by atoms with E-state index in [1.807, 2.05) is 58.5 Å².